The highest BCUT2D eigenvalue weighted by Crippen LogP contribution is 2.36. The van der Waals surface area contributed by atoms with Gasteiger partial charge in [0.2, 0.25) is 6.04 Å². The molecule has 0 unspecified atom stereocenters. The Hall–Kier alpha value is -2.29. The molecule has 0 amide bonds. The van der Waals surface area contributed by atoms with E-state index in [1.54, 1.807) is 11.0 Å². The molecule has 1 aromatic rings. The maximum absolute atomic E-state index is 13.2. The maximum Gasteiger partial charge on any atom is 0.417 e. The van der Waals surface area contributed by atoms with E-state index in [-0.39, 0.29) is 23.9 Å². The van der Waals surface area contributed by atoms with E-state index < -0.39 is 11.7 Å². The van der Waals surface area contributed by atoms with Gasteiger partial charge in [0.15, 0.2) is 0 Å². The van der Waals surface area contributed by atoms with Crippen LogP contribution in [-0.4, -0.2) is 49.5 Å². The molecule has 2 aliphatic heterocycles. The predicted octanol–water partition coefficient (Wildman–Crippen LogP) is 3.51. The number of halogens is 3. The number of hydrogen-bond acceptors (Lipinski definition) is 4. The maximum atomic E-state index is 13.2. The quantitative estimate of drug-likeness (QED) is 0.755. The Bertz CT molecular complexity index is 760. The highest BCUT2D eigenvalue weighted by Gasteiger charge is 2.37. The van der Waals surface area contributed by atoms with Gasteiger partial charge < -0.3 is 19.4 Å². The molecule has 0 aromatic heterocycles. The zero-order valence-electron chi connectivity index (χ0n) is 15.0. The van der Waals surface area contributed by atoms with Crippen LogP contribution < -0.4 is 4.90 Å². The molecular weight excluding hydrogens is 357 g/mol. The van der Waals surface area contributed by atoms with Crippen LogP contribution in [-0.2, 0) is 10.9 Å². The van der Waals surface area contributed by atoms with E-state index in [0.29, 0.717) is 18.8 Å². The Morgan fingerprint density at radius 3 is 2.63 bits per heavy atom. The normalized spacial score (nSPS) is 24.6. The van der Waals surface area contributed by atoms with E-state index in [9.17, 15) is 13.2 Å². The number of anilines is 1. The molecule has 27 heavy (non-hydrogen) atoms. The fourth-order valence-corrected chi connectivity index (χ4v) is 3.74. The minimum Gasteiger partial charge on any atom is -0.352 e. The summed E-state index contributed by atoms with van der Waals surface area (Å²) in [6.45, 7) is 11.8. The topological polar surface area (TPSA) is 43.9 Å². The molecule has 0 bridgehead atoms. The molecule has 2 heterocycles. The van der Waals surface area contributed by atoms with Crippen molar-refractivity contribution in [1.29, 1.82) is 5.26 Å². The average molecular weight is 378 g/mol. The second kappa shape index (κ2) is 7.75. The molecule has 2 atom stereocenters. The summed E-state index contributed by atoms with van der Waals surface area (Å²) < 4.78 is 45.6. The van der Waals surface area contributed by atoms with Gasteiger partial charge >= 0.3 is 6.18 Å². The lowest BCUT2D eigenvalue weighted by molar-refractivity contribution is -0.137. The van der Waals surface area contributed by atoms with E-state index in [1.807, 2.05) is 6.92 Å². The number of likely N-dealkylation sites (tertiary alicyclic amines) is 1. The molecule has 0 aliphatic carbocycles. The van der Waals surface area contributed by atoms with Gasteiger partial charge in [-0.1, -0.05) is 0 Å². The molecule has 0 saturated carbocycles. The lowest BCUT2D eigenvalue weighted by atomic mass is 10.1. The van der Waals surface area contributed by atoms with Gasteiger partial charge in [-0.05, 0) is 25.1 Å². The summed E-state index contributed by atoms with van der Waals surface area (Å²) in [5.41, 5.74) is -0.888. The van der Waals surface area contributed by atoms with Gasteiger partial charge in [-0.3, -0.25) is 0 Å². The minimum atomic E-state index is -4.57. The number of alkyl halides is 3. The van der Waals surface area contributed by atoms with Crippen molar-refractivity contribution in [2.24, 2.45) is 0 Å². The molecule has 3 rings (SSSR count). The van der Waals surface area contributed by atoms with Gasteiger partial charge in [0.1, 0.15) is 6.23 Å². The Morgan fingerprint density at radius 1 is 1.33 bits per heavy atom. The number of benzene rings is 1. The Morgan fingerprint density at radius 2 is 2.04 bits per heavy atom. The number of piperidine rings is 1. The third-order valence-corrected chi connectivity index (χ3v) is 5.19. The molecule has 0 radical (unpaired) electrons. The fourth-order valence-electron chi connectivity index (χ4n) is 3.74. The Labute approximate surface area is 156 Å². The van der Waals surface area contributed by atoms with Gasteiger partial charge in [0, 0.05) is 44.7 Å². The molecule has 5 nitrogen and oxygen atoms in total. The first kappa shape index (κ1) is 19.5. The largest absolute Gasteiger partial charge is 0.417 e. The van der Waals surface area contributed by atoms with E-state index in [4.69, 9.17) is 16.6 Å². The molecule has 2 fully saturated rings. The molecule has 2 saturated heterocycles. The van der Waals surface area contributed by atoms with Crippen molar-refractivity contribution in [2.45, 2.75) is 44.3 Å². The molecular formula is C19H21F3N4O. The van der Waals surface area contributed by atoms with Crippen molar-refractivity contribution in [3.8, 4) is 6.07 Å². The Balaban J connectivity index is 1.68. The van der Waals surface area contributed by atoms with Gasteiger partial charge in [-0.2, -0.15) is 18.4 Å². The van der Waals surface area contributed by atoms with Crippen molar-refractivity contribution < 1.29 is 17.9 Å². The van der Waals surface area contributed by atoms with Crippen LogP contribution in [0.5, 0.6) is 0 Å². The molecule has 1 aromatic carbocycles. The van der Waals surface area contributed by atoms with Crippen LogP contribution in [0.4, 0.5) is 18.9 Å². The first-order valence-corrected chi connectivity index (χ1v) is 8.94. The minimum absolute atomic E-state index is 0.0978. The number of nitriles is 1. The summed E-state index contributed by atoms with van der Waals surface area (Å²) in [4.78, 5) is 7.64. The molecule has 8 heteroatoms. The predicted molar refractivity (Wildman–Crippen MR) is 93.9 cm³/mol. The van der Waals surface area contributed by atoms with Gasteiger partial charge in [0.05, 0.1) is 23.3 Å². The van der Waals surface area contributed by atoms with Gasteiger partial charge in [-0.15, -0.1) is 0 Å². The van der Waals surface area contributed by atoms with Crippen LogP contribution >= 0.6 is 0 Å². The zero-order valence-corrected chi connectivity index (χ0v) is 15.0. The fraction of sp³-hybridized carbons (Fsp3) is 0.579. The van der Waals surface area contributed by atoms with Gasteiger partial charge in [-0.25, -0.2) is 6.57 Å². The summed E-state index contributed by atoms with van der Waals surface area (Å²) in [5.74, 6) is 0. The summed E-state index contributed by atoms with van der Waals surface area (Å²) >= 11 is 0. The Kier molecular flexibility index (Phi) is 5.59. The smallest absolute Gasteiger partial charge is 0.352 e. The monoisotopic (exact) mass is 378 g/mol. The van der Waals surface area contributed by atoms with E-state index in [0.717, 1.165) is 32.0 Å². The highest BCUT2D eigenvalue weighted by atomic mass is 19.4. The molecule has 2 aliphatic rings. The van der Waals surface area contributed by atoms with Crippen LogP contribution in [0, 0.1) is 17.9 Å². The third-order valence-electron chi connectivity index (χ3n) is 5.19. The number of hydrogen-bond donors (Lipinski definition) is 0. The van der Waals surface area contributed by atoms with Crippen molar-refractivity contribution >= 4 is 5.69 Å². The van der Waals surface area contributed by atoms with Crippen molar-refractivity contribution in [2.75, 3.05) is 31.1 Å². The van der Waals surface area contributed by atoms with Crippen LogP contribution in [0.2, 0.25) is 0 Å². The summed E-state index contributed by atoms with van der Waals surface area (Å²) in [6, 6.07) is 5.49. The summed E-state index contributed by atoms with van der Waals surface area (Å²) in [6.07, 6.45) is -3.32. The highest BCUT2D eigenvalue weighted by molar-refractivity contribution is 5.55. The van der Waals surface area contributed by atoms with E-state index in [1.165, 1.54) is 12.1 Å². The summed E-state index contributed by atoms with van der Waals surface area (Å²) in [7, 11) is 0. The first-order valence-electron chi connectivity index (χ1n) is 8.94. The molecule has 0 N–H and O–H groups in total. The number of ether oxygens (including phenoxy) is 1. The van der Waals surface area contributed by atoms with E-state index >= 15 is 0 Å². The lowest BCUT2D eigenvalue weighted by Gasteiger charge is -2.28. The van der Waals surface area contributed by atoms with Gasteiger partial charge in [0.25, 0.3) is 0 Å². The second-order valence-electron chi connectivity index (χ2n) is 7.01. The average Bonchev–Trinajstić information content (AvgIpc) is 3.01. The van der Waals surface area contributed by atoms with Crippen LogP contribution in [0.15, 0.2) is 18.2 Å². The summed E-state index contributed by atoms with van der Waals surface area (Å²) in [5, 5.41) is 8.94. The standard InChI is InChI=1S/C19H21F3N4O/c1-13-26(16-4-3-14(10-23)18(9-16)19(20,21)22)12-17(27-13)11-25-7-5-15(24-2)6-8-25/h3-4,9,13,15,17H,5-8,11-12H2,1H3/t13-,17-/m1/s1. The SMILES string of the molecule is [C-]#[N+]C1CCN(C[C@@H]2CN(c3ccc(C#N)c(C(F)(F)F)c3)[C@@H](C)O2)CC1. The molecule has 144 valence electrons. The van der Waals surface area contributed by atoms with Crippen molar-refractivity contribution in [3.63, 3.8) is 0 Å². The van der Waals surface area contributed by atoms with Crippen molar-refractivity contribution in [3.05, 3.63) is 40.7 Å². The molecule has 0 spiro atoms. The third kappa shape index (κ3) is 4.35. The van der Waals surface area contributed by atoms with Crippen molar-refractivity contribution in [1.82, 2.24) is 4.90 Å². The van der Waals surface area contributed by atoms with Crippen LogP contribution in [0.25, 0.3) is 4.85 Å². The second-order valence-corrected chi connectivity index (χ2v) is 7.01. The zero-order chi connectivity index (χ0) is 19.6. The number of nitrogens with zero attached hydrogens (tertiary/aromatic N) is 4. The van der Waals surface area contributed by atoms with E-state index in [2.05, 4.69) is 9.74 Å². The first-order chi connectivity index (χ1) is 12.8. The number of rotatable bonds is 3. The van der Waals surface area contributed by atoms with Crippen LogP contribution in [0.3, 0.4) is 0 Å². The lowest BCUT2D eigenvalue weighted by Crippen LogP contribution is -2.40. The van der Waals surface area contributed by atoms with Crippen LogP contribution in [0.1, 0.15) is 30.9 Å².